The van der Waals surface area contributed by atoms with Gasteiger partial charge in [0.1, 0.15) is 0 Å². The molecule has 0 bridgehead atoms. The van der Waals surface area contributed by atoms with Crippen molar-refractivity contribution in [3.8, 4) is 0 Å². The summed E-state index contributed by atoms with van der Waals surface area (Å²) in [6, 6.07) is 5.12. The molecule has 1 aromatic carbocycles. The van der Waals surface area contributed by atoms with E-state index in [0.717, 1.165) is 24.8 Å². The molecular weight excluding hydrogens is 285 g/mol. The Morgan fingerprint density at radius 3 is 2.79 bits per heavy atom. The monoisotopic (exact) mass is 303 g/mol. The van der Waals surface area contributed by atoms with Gasteiger partial charge < -0.3 is 10.5 Å². The Labute approximate surface area is 124 Å². The summed E-state index contributed by atoms with van der Waals surface area (Å²) >= 11 is 12.0. The Hall–Kier alpha value is -0.770. The van der Waals surface area contributed by atoms with Gasteiger partial charge in [-0.15, -0.1) is 0 Å². The van der Waals surface area contributed by atoms with Crippen LogP contribution in [0.3, 0.4) is 0 Å². The summed E-state index contributed by atoms with van der Waals surface area (Å²) in [6.45, 7) is 2.23. The molecule has 0 amide bonds. The van der Waals surface area contributed by atoms with Gasteiger partial charge in [0.15, 0.2) is 0 Å². The van der Waals surface area contributed by atoms with Crippen LogP contribution < -0.4 is 5.73 Å². The summed E-state index contributed by atoms with van der Waals surface area (Å²) in [5, 5.41) is 1.25. The Morgan fingerprint density at radius 1 is 1.37 bits per heavy atom. The van der Waals surface area contributed by atoms with Gasteiger partial charge in [-0.05, 0) is 43.5 Å². The largest absolute Gasteiger partial charge is 0.466 e. The average Bonchev–Trinajstić information content (AvgIpc) is 2.37. The molecule has 19 heavy (non-hydrogen) atoms. The van der Waals surface area contributed by atoms with Crippen molar-refractivity contribution >= 4 is 29.2 Å². The molecule has 3 nitrogen and oxygen atoms in total. The predicted octanol–water partition coefficient (Wildman–Crippen LogP) is 4.12. The number of carbonyl (C=O) groups is 1. The first-order valence-electron chi connectivity index (χ1n) is 6.40. The standard InChI is InChI=1S/C14H19Cl2NO2/c1-2-19-14(18)6-4-3-5-13(17)11-9-10(15)7-8-12(11)16/h7-9,13H,2-6,17H2,1H3. The Morgan fingerprint density at radius 2 is 2.11 bits per heavy atom. The molecule has 0 aliphatic carbocycles. The third-order valence-electron chi connectivity index (χ3n) is 2.81. The molecule has 1 rings (SSSR count). The van der Waals surface area contributed by atoms with Crippen molar-refractivity contribution < 1.29 is 9.53 Å². The molecule has 1 atom stereocenters. The summed E-state index contributed by atoms with van der Waals surface area (Å²) in [7, 11) is 0. The number of hydrogen-bond acceptors (Lipinski definition) is 3. The summed E-state index contributed by atoms with van der Waals surface area (Å²) < 4.78 is 4.86. The lowest BCUT2D eigenvalue weighted by Crippen LogP contribution is -2.11. The Kier molecular flexibility index (Phi) is 7.21. The second-order valence-corrected chi connectivity index (χ2v) is 5.17. The van der Waals surface area contributed by atoms with Gasteiger partial charge in [0.2, 0.25) is 0 Å². The van der Waals surface area contributed by atoms with E-state index in [9.17, 15) is 4.79 Å². The summed E-state index contributed by atoms with van der Waals surface area (Å²) in [6.07, 6.45) is 2.82. The predicted molar refractivity (Wildman–Crippen MR) is 78.5 cm³/mol. The molecule has 0 aliphatic heterocycles. The normalized spacial score (nSPS) is 12.2. The van der Waals surface area contributed by atoms with Crippen LogP contribution in [0.1, 0.15) is 44.2 Å². The van der Waals surface area contributed by atoms with E-state index < -0.39 is 0 Å². The number of halogens is 2. The van der Waals surface area contributed by atoms with Crippen molar-refractivity contribution in [2.75, 3.05) is 6.61 Å². The first-order chi connectivity index (χ1) is 9.04. The van der Waals surface area contributed by atoms with Crippen molar-refractivity contribution in [1.29, 1.82) is 0 Å². The minimum Gasteiger partial charge on any atom is -0.466 e. The van der Waals surface area contributed by atoms with Crippen LogP contribution in [0.4, 0.5) is 0 Å². The van der Waals surface area contributed by atoms with Crippen molar-refractivity contribution in [2.45, 2.75) is 38.6 Å². The van der Waals surface area contributed by atoms with E-state index >= 15 is 0 Å². The lowest BCUT2D eigenvalue weighted by molar-refractivity contribution is -0.143. The highest BCUT2D eigenvalue weighted by atomic mass is 35.5. The molecule has 1 unspecified atom stereocenters. The molecule has 0 saturated carbocycles. The summed E-state index contributed by atoms with van der Waals surface area (Å²) in [5.74, 6) is -0.156. The molecule has 0 aromatic heterocycles. The first-order valence-corrected chi connectivity index (χ1v) is 7.16. The topological polar surface area (TPSA) is 52.3 Å². The highest BCUT2D eigenvalue weighted by molar-refractivity contribution is 6.33. The van der Waals surface area contributed by atoms with Crippen LogP contribution in [0.15, 0.2) is 18.2 Å². The van der Waals surface area contributed by atoms with Crippen LogP contribution in [-0.4, -0.2) is 12.6 Å². The maximum atomic E-state index is 11.2. The van der Waals surface area contributed by atoms with Gasteiger partial charge in [-0.3, -0.25) is 4.79 Å². The van der Waals surface area contributed by atoms with E-state index in [2.05, 4.69) is 0 Å². The highest BCUT2D eigenvalue weighted by Gasteiger charge is 2.11. The average molecular weight is 304 g/mol. The number of rotatable bonds is 7. The van der Waals surface area contributed by atoms with Crippen LogP contribution >= 0.6 is 23.2 Å². The third kappa shape index (κ3) is 5.81. The van der Waals surface area contributed by atoms with Crippen molar-refractivity contribution in [2.24, 2.45) is 5.73 Å². The van der Waals surface area contributed by atoms with E-state index in [4.69, 9.17) is 33.7 Å². The van der Waals surface area contributed by atoms with E-state index in [-0.39, 0.29) is 12.0 Å². The zero-order valence-corrected chi connectivity index (χ0v) is 12.5. The number of nitrogens with two attached hydrogens (primary N) is 1. The number of ether oxygens (including phenoxy) is 1. The molecule has 0 aliphatic rings. The lowest BCUT2D eigenvalue weighted by Gasteiger charge is -2.13. The fraction of sp³-hybridized carbons (Fsp3) is 0.500. The van der Waals surface area contributed by atoms with Gasteiger partial charge >= 0.3 is 5.97 Å². The van der Waals surface area contributed by atoms with E-state index in [1.165, 1.54) is 0 Å². The van der Waals surface area contributed by atoms with Crippen LogP contribution in [0.25, 0.3) is 0 Å². The Bertz CT molecular complexity index is 424. The zero-order chi connectivity index (χ0) is 14.3. The minimum absolute atomic E-state index is 0.156. The maximum Gasteiger partial charge on any atom is 0.305 e. The smallest absolute Gasteiger partial charge is 0.305 e. The molecule has 0 fully saturated rings. The van der Waals surface area contributed by atoms with E-state index in [1.807, 2.05) is 0 Å². The molecule has 1 aromatic rings. The van der Waals surface area contributed by atoms with Gasteiger partial charge in [0, 0.05) is 22.5 Å². The number of benzene rings is 1. The summed E-state index contributed by atoms with van der Waals surface area (Å²) in [5.41, 5.74) is 6.93. The Balaban J connectivity index is 2.37. The quantitative estimate of drug-likeness (QED) is 0.609. The van der Waals surface area contributed by atoms with Gasteiger partial charge in [0.25, 0.3) is 0 Å². The molecule has 0 saturated heterocycles. The second-order valence-electron chi connectivity index (χ2n) is 4.32. The fourth-order valence-corrected chi connectivity index (χ4v) is 2.26. The fourth-order valence-electron chi connectivity index (χ4n) is 1.82. The second kappa shape index (κ2) is 8.41. The van der Waals surface area contributed by atoms with Gasteiger partial charge in [-0.25, -0.2) is 0 Å². The third-order valence-corrected chi connectivity index (χ3v) is 3.39. The van der Waals surface area contributed by atoms with E-state index in [1.54, 1.807) is 25.1 Å². The maximum absolute atomic E-state index is 11.2. The zero-order valence-electron chi connectivity index (χ0n) is 11.0. The molecule has 106 valence electrons. The first kappa shape index (κ1) is 16.3. The van der Waals surface area contributed by atoms with Crippen LogP contribution in [0, 0.1) is 0 Å². The number of hydrogen-bond donors (Lipinski definition) is 1. The highest BCUT2D eigenvalue weighted by Crippen LogP contribution is 2.27. The molecule has 5 heteroatoms. The van der Waals surface area contributed by atoms with Crippen molar-refractivity contribution in [3.05, 3.63) is 33.8 Å². The molecule has 0 heterocycles. The SMILES string of the molecule is CCOC(=O)CCCCC(N)c1cc(Cl)ccc1Cl. The van der Waals surface area contributed by atoms with Crippen LogP contribution in [0.2, 0.25) is 10.0 Å². The molecule has 0 spiro atoms. The lowest BCUT2D eigenvalue weighted by atomic mass is 10.0. The van der Waals surface area contributed by atoms with Crippen molar-refractivity contribution in [1.82, 2.24) is 0 Å². The van der Waals surface area contributed by atoms with Crippen molar-refractivity contribution in [3.63, 3.8) is 0 Å². The number of unbranched alkanes of at least 4 members (excludes halogenated alkanes) is 1. The molecular formula is C14H19Cl2NO2. The molecule has 0 radical (unpaired) electrons. The van der Waals surface area contributed by atoms with Crippen LogP contribution in [-0.2, 0) is 9.53 Å². The van der Waals surface area contributed by atoms with E-state index in [0.29, 0.717) is 23.1 Å². The van der Waals surface area contributed by atoms with Gasteiger partial charge in [-0.1, -0.05) is 29.6 Å². The van der Waals surface area contributed by atoms with Crippen LogP contribution in [0.5, 0.6) is 0 Å². The number of esters is 1. The summed E-state index contributed by atoms with van der Waals surface area (Å²) in [4.78, 5) is 11.2. The van der Waals surface area contributed by atoms with Gasteiger partial charge in [0.05, 0.1) is 6.61 Å². The molecule has 2 N–H and O–H groups in total. The number of carbonyl (C=O) groups excluding carboxylic acids is 1. The van der Waals surface area contributed by atoms with Gasteiger partial charge in [-0.2, -0.15) is 0 Å². The minimum atomic E-state index is -0.159.